The minimum Gasteiger partial charge on any atom is -0.270 e. The van der Waals surface area contributed by atoms with Crippen LogP contribution < -0.4 is 0 Å². The van der Waals surface area contributed by atoms with Crippen LogP contribution in [0.15, 0.2) is 47.9 Å². The fourth-order valence-electron chi connectivity index (χ4n) is 2.32. The molecule has 0 saturated heterocycles. The molecule has 0 saturated carbocycles. The smallest absolute Gasteiger partial charge is 0.196 e. The maximum atomic E-state index is 6.33. The van der Waals surface area contributed by atoms with Crippen molar-refractivity contribution in [2.45, 2.75) is 12.1 Å². The van der Waals surface area contributed by atoms with E-state index in [4.69, 9.17) is 11.6 Å². The molecular weight excluding hydrogens is 360 g/mol. The Morgan fingerprint density at radius 3 is 2.62 bits per heavy atom. The van der Waals surface area contributed by atoms with Crippen molar-refractivity contribution in [3.05, 3.63) is 53.3 Å². The standard InChI is InChI=1S/C17H17ClN4S2/c1-12-14(18)4-3-5-15(12)22-16(13-6-8-19-9-7-13)20-21-17(22)24-11-10-23-2/h3-9H,10-11H2,1-2H3. The van der Waals surface area contributed by atoms with Crippen molar-refractivity contribution in [2.75, 3.05) is 17.8 Å². The Morgan fingerprint density at radius 1 is 1.08 bits per heavy atom. The molecule has 3 aromatic rings. The molecule has 0 amide bonds. The van der Waals surface area contributed by atoms with Gasteiger partial charge in [0.1, 0.15) is 0 Å². The Labute approximate surface area is 155 Å². The fourth-order valence-corrected chi connectivity index (χ4v) is 4.09. The van der Waals surface area contributed by atoms with E-state index in [1.807, 2.05) is 49.0 Å². The molecule has 0 spiro atoms. The van der Waals surface area contributed by atoms with Gasteiger partial charge in [0.15, 0.2) is 11.0 Å². The van der Waals surface area contributed by atoms with Gasteiger partial charge in [-0.25, -0.2) is 0 Å². The second-order valence-electron chi connectivity index (χ2n) is 5.10. The van der Waals surface area contributed by atoms with Crippen LogP contribution in [0.5, 0.6) is 0 Å². The molecule has 3 rings (SSSR count). The predicted molar refractivity (Wildman–Crippen MR) is 103 cm³/mol. The fraction of sp³-hybridized carbons (Fsp3) is 0.235. The molecule has 1 aromatic carbocycles. The summed E-state index contributed by atoms with van der Waals surface area (Å²) in [6.07, 6.45) is 5.63. The lowest BCUT2D eigenvalue weighted by atomic mass is 10.2. The number of pyridine rings is 1. The van der Waals surface area contributed by atoms with Gasteiger partial charge in [0, 0.05) is 34.5 Å². The van der Waals surface area contributed by atoms with Gasteiger partial charge in [0.05, 0.1) is 5.69 Å². The second-order valence-corrected chi connectivity index (χ2v) is 7.56. The molecule has 0 aliphatic carbocycles. The summed E-state index contributed by atoms with van der Waals surface area (Å²) in [5.41, 5.74) is 3.00. The molecule has 0 atom stereocenters. The molecule has 0 aliphatic rings. The zero-order valence-corrected chi connectivity index (χ0v) is 15.8. The van der Waals surface area contributed by atoms with Crippen LogP contribution in [0.4, 0.5) is 0 Å². The number of hydrogen-bond acceptors (Lipinski definition) is 5. The molecular formula is C17H17ClN4S2. The Bertz CT molecular complexity index is 821. The number of aromatic nitrogens is 4. The van der Waals surface area contributed by atoms with Crippen molar-refractivity contribution in [1.29, 1.82) is 0 Å². The van der Waals surface area contributed by atoms with Crippen LogP contribution in [0, 0.1) is 6.92 Å². The lowest BCUT2D eigenvalue weighted by Gasteiger charge is -2.13. The van der Waals surface area contributed by atoms with Gasteiger partial charge >= 0.3 is 0 Å². The summed E-state index contributed by atoms with van der Waals surface area (Å²) >= 11 is 9.86. The van der Waals surface area contributed by atoms with E-state index in [2.05, 4.69) is 26.0 Å². The van der Waals surface area contributed by atoms with Crippen molar-refractivity contribution in [2.24, 2.45) is 0 Å². The van der Waals surface area contributed by atoms with E-state index in [9.17, 15) is 0 Å². The van der Waals surface area contributed by atoms with Gasteiger partial charge in [-0.15, -0.1) is 10.2 Å². The molecule has 0 unspecified atom stereocenters. The highest BCUT2D eigenvalue weighted by Gasteiger charge is 2.18. The summed E-state index contributed by atoms with van der Waals surface area (Å²) in [7, 11) is 0. The molecule has 0 radical (unpaired) electrons. The summed E-state index contributed by atoms with van der Waals surface area (Å²) in [5, 5.41) is 10.5. The highest BCUT2D eigenvalue weighted by Crippen LogP contribution is 2.31. The van der Waals surface area contributed by atoms with Gasteiger partial charge in [-0.1, -0.05) is 29.4 Å². The van der Waals surface area contributed by atoms with Crippen LogP contribution in [0.3, 0.4) is 0 Å². The molecule has 0 bridgehead atoms. The average Bonchev–Trinajstić information content (AvgIpc) is 3.02. The topological polar surface area (TPSA) is 43.6 Å². The molecule has 0 N–H and O–H groups in total. The first-order chi connectivity index (χ1) is 11.7. The van der Waals surface area contributed by atoms with Crippen LogP contribution in [-0.2, 0) is 0 Å². The van der Waals surface area contributed by atoms with Crippen molar-refractivity contribution >= 4 is 35.1 Å². The minimum absolute atomic E-state index is 0.738. The van der Waals surface area contributed by atoms with E-state index in [0.29, 0.717) is 0 Å². The second kappa shape index (κ2) is 8.05. The SMILES string of the molecule is CSCCSc1nnc(-c2ccncc2)n1-c1cccc(Cl)c1C. The van der Waals surface area contributed by atoms with E-state index < -0.39 is 0 Å². The zero-order chi connectivity index (χ0) is 16.9. The molecule has 2 aromatic heterocycles. The highest BCUT2D eigenvalue weighted by atomic mass is 35.5. The summed E-state index contributed by atoms with van der Waals surface area (Å²) in [4.78, 5) is 4.09. The third-order valence-corrected chi connectivity index (χ3v) is 5.78. The summed E-state index contributed by atoms with van der Waals surface area (Å²) in [5.74, 6) is 2.85. The lowest BCUT2D eigenvalue weighted by Crippen LogP contribution is -2.03. The van der Waals surface area contributed by atoms with Crippen molar-refractivity contribution < 1.29 is 0 Å². The summed E-state index contributed by atoms with van der Waals surface area (Å²) in [6, 6.07) is 9.79. The van der Waals surface area contributed by atoms with Gasteiger partial charge in [0.2, 0.25) is 0 Å². The quantitative estimate of drug-likeness (QED) is 0.459. The van der Waals surface area contributed by atoms with Gasteiger partial charge in [-0.3, -0.25) is 9.55 Å². The Morgan fingerprint density at radius 2 is 1.88 bits per heavy atom. The molecule has 2 heterocycles. The van der Waals surface area contributed by atoms with Crippen LogP contribution in [-0.4, -0.2) is 37.5 Å². The number of benzene rings is 1. The number of hydrogen-bond donors (Lipinski definition) is 0. The van der Waals surface area contributed by atoms with Gasteiger partial charge in [-0.2, -0.15) is 11.8 Å². The lowest BCUT2D eigenvalue weighted by molar-refractivity contribution is 0.881. The van der Waals surface area contributed by atoms with Crippen LogP contribution in [0.25, 0.3) is 17.1 Å². The van der Waals surface area contributed by atoms with Crippen molar-refractivity contribution in [3.63, 3.8) is 0 Å². The minimum atomic E-state index is 0.738. The normalized spacial score (nSPS) is 11.0. The van der Waals surface area contributed by atoms with E-state index in [-0.39, 0.29) is 0 Å². The summed E-state index contributed by atoms with van der Waals surface area (Å²) < 4.78 is 2.08. The molecule has 124 valence electrons. The Hall–Kier alpha value is -1.50. The zero-order valence-electron chi connectivity index (χ0n) is 13.4. The number of nitrogens with zero attached hydrogens (tertiary/aromatic N) is 4. The van der Waals surface area contributed by atoms with E-state index >= 15 is 0 Å². The maximum absolute atomic E-state index is 6.33. The van der Waals surface area contributed by atoms with E-state index in [0.717, 1.165) is 44.3 Å². The van der Waals surface area contributed by atoms with Crippen molar-refractivity contribution in [1.82, 2.24) is 19.7 Å². The predicted octanol–water partition coefficient (Wildman–Crippen LogP) is 4.75. The number of thioether (sulfide) groups is 2. The van der Waals surface area contributed by atoms with Gasteiger partial charge in [0.25, 0.3) is 0 Å². The molecule has 0 aliphatic heterocycles. The molecule has 7 heteroatoms. The number of halogens is 1. The molecule has 4 nitrogen and oxygen atoms in total. The molecule has 0 fully saturated rings. The van der Waals surface area contributed by atoms with E-state index in [1.165, 1.54) is 0 Å². The average molecular weight is 377 g/mol. The van der Waals surface area contributed by atoms with Crippen LogP contribution in [0.1, 0.15) is 5.56 Å². The van der Waals surface area contributed by atoms with Crippen LogP contribution in [0.2, 0.25) is 5.02 Å². The van der Waals surface area contributed by atoms with Crippen molar-refractivity contribution in [3.8, 4) is 17.1 Å². The largest absolute Gasteiger partial charge is 0.270 e. The Balaban J connectivity index is 2.12. The van der Waals surface area contributed by atoms with Crippen LogP contribution >= 0.6 is 35.1 Å². The first-order valence-corrected chi connectivity index (χ1v) is 10.2. The summed E-state index contributed by atoms with van der Waals surface area (Å²) in [6.45, 7) is 2.02. The number of rotatable bonds is 6. The molecule has 24 heavy (non-hydrogen) atoms. The Kier molecular flexibility index (Phi) is 5.81. The first-order valence-electron chi connectivity index (χ1n) is 7.45. The highest BCUT2D eigenvalue weighted by molar-refractivity contribution is 8.02. The monoisotopic (exact) mass is 376 g/mol. The third kappa shape index (κ3) is 3.61. The van der Waals surface area contributed by atoms with E-state index in [1.54, 1.807) is 24.2 Å². The first kappa shape index (κ1) is 17.3. The van der Waals surface area contributed by atoms with Gasteiger partial charge < -0.3 is 0 Å². The van der Waals surface area contributed by atoms with Gasteiger partial charge in [-0.05, 0) is 43.0 Å². The maximum Gasteiger partial charge on any atom is 0.196 e. The third-order valence-electron chi connectivity index (χ3n) is 3.57.